The van der Waals surface area contributed by atoms with Crippen LogP contribution in [0.15, 0.2) is 42.5 Å². The minimum atomic E-state index is -0.651. The van der Waals surface area contributed by atoms with Crippen molar-refractivity contribution in [1.29, 1.82) is 0 Å². The van der Waals surface area contributed by atoms with Crippen molar-refractivity contribution in [3.05, 3.63) is 59.2 Å². The standard InChI is InChI=1S/C17H19NO2/c1-17(18,13-7-3-4-9-15(13)19-2)14-8-5-6-12-10-11-20-16(12)14/h3-9H,10-11,18H2,1-2H3. The predicted molar refractivity (Wildman–Crippen MR) is 79.3 cm³/mol. The van der Waals surface area contributed by atoms with E-state index in [0.29, 0.717) is 0 Å². The number of fused-ring (bicyclic) bond motifs is 1. The molecular weight excluding hydrogens is 250 g/mol. The summed E-state index contributed by atoms with van der Waals surface area (Å²) in [5, 5.41) is 0. The third-order valence-electron chi connectivity index (χ3n) is 3.94. The topological polar surface area (TPSA) is 44.5 Å². The van der Waals surface area contributed by atoms with Gasteiger partial charge in [-0.3, -0.25) is 0 Å². The fourth-order valence-corrected chi connectivity index (χ4v) is 2.84. The molecule has 1 atom stereocenters. The van der Waals surface area contributed by atoms with Gasteiger partial charge in [0.25, 0.3) is 0 Å². The van der Waals surface area contributed by atoms with E-state index in [1.807, 2.05) is 43.3 Å². The van der Waals surface area contributed by atoms with Gasteiger partial charge >= 0.3 is 0 Å². The lowest BCUT2D eigenvalue weighted by molar-refractivity contribution is 0.345. The van der Waals surface area contributed by atoms with Crippen molar-refractivity contribution in [3.8, 4) is 11.5 Å². The molecule has 2 aromatic rings. The zero-order valence-electron chi connectivity index (χ0n) is 11.8. The Labute approximate surface area is 119 Å². The van der Waals surface area contributed by atoms with Gasteiger partial charge < -0.3 is 15.2 Å². The first-order chi connectivity index (χ1) is 9.64. The van der Waals surface area contributed by atoms with Crippen molar-refractivity contribution in [1.82, 2.24) is 0 Å². The molecule has 0 saturated carbocycles. The van der Waals surface area contributed by atoms with Gasteiger partial charge in [0.2, 0.25) is 0 Å². The van der Waals surface area contributed by atoms with Gasteiger partial charge in [-0.05, 0) is 18.6 Å². The first-order valence-corrected chi connectivity index (χ1v) is 6.82. The molecule has 2 N–H and O–H groups in total. The highest BCUT2D eigenvalue weighted by molar-refractivity contribution is 5.54. The Morgan fingerprint density at radius 3 is 2.65 bits per heavy atom. The maximum absolute atomic E-state index is 6.65. The summed E-state index contributed by atoms with van der Waals surface area (Å²) in [6, 6.07) is 14.1. The fraction of sp³-hybridized carbons (Fsp3) is 0.294. The Balaban J connectivity index is 2.15. The van der Waals surface area contributed by atoms with Gasteiger partial charge in [0.15, 0.2) is 0 Å². The molecule has 20 heavy (non-hydrogen) atoms. The first kappa shape index (κ1) is 13.0. The van der Waals surface area contributed by atoms with Gasteiger partial charge in [-0.25, -0.2) is 0 Å². The largest absolute Gasteiger partial charge is 0.496 e. The monoisotopic (exact) mass is 269 g/mol. The van der Waals surface area contributed by atoms with E-state index in [1.54, 1.807) is 7.11 Å². The van der Waals surface area contributed by atoms with Crippen LogP contribution in [-0.2, 0) is 12.0 Å². The van der Waals surface area contributed by atoms with Crippen LogP contribution in [-0.4, -0.2) is 13.7 Å². The third kappa shape index (κ3) is 1.95. The number of para-hydroxylation sites is 2. The molecule has 3 rings (SSSR count). The quantitative estimate of drug-likeness (QED) is 0.932. The number of nitrogens with two attached hydrogens (primary N) is 1. The van der Waals surface area contributed by atoms with E-state index >= 15 is 0 Å². The number of benzene rings is 2. The third-order valence-corrected chi connectivity index (χ3v) is 3.94. The minimum absolute atomic E-state index is 0.651. The van der Waals surface area contributed by atoms with E-state index in [0.717, 1.165) is 35.7 Å². The van der Waals surface area contributed by atoms with Crippen LogP contribution in [0.2, 0.25) is 0 Å². The Kier molecular flexibility index (Phi) is 3.14. The lowest BCUT2D eigenvalue weighted by Gasteiger charge is -2.29. The van der Waals surface area contributed by atoms with Gasteiger partial charge in [0.1, 0.15) is 11.5 Å². The fourth-order valence-electron chi connectivity index (χ4n) is 2.84. The van der Waals surface area contributed by atoms with Gasteiger partial charge in [0.05, 0.1) is 19.3 Å². The number of hydrogen-bond donors (Lipinski definition) is 1. The maximum atomic E-state index is 6.65. The predicted octanol–water partition coefficient (Wildman–Crippen LogP) is 2.85. The molecule has 0 aromatic heterocycles. The van der Waals surface area contributed by atoms with Crippen LogP contribution in [0, 0.1) is 0 Å². The average Bonchev–Trinajstić information content (AvgIpc) is 2.95. The van der Waals surface area contributed by atoms with Crippen LogP contribution in [0.4, 0.5) is 0 Å². The molecule has 3 heteroatoms. The van der Waals surface area contributed by atoms with Crippen LogP contribution >= 0.6 is 0 Å². The van der Waals surface area contributed by atoms with E-state index < -0.39 is 5.54 Å². The molecule has 0 amide bonds. The molecule has 1 heterocycles. The molecule has 0 fully saturated rings. The number of methoxy groups -OCH3 is 1. The highest BCUT2D eigenvalue weighted by atomic mass is 16.5. The second-order valence-electron chi connectivity index (χ2n) is 5.29. The van der Waals surface area contributed by atoms with Crippen molar-refractivity contribution >= 4 is 0 Å². The highest BCUT2D eigenvalue weighted by Gasteiger charge is 2.32. The van der Waals surface area contributed by atoms with Gasteiger partial charge in [-0.2, -0.15) is 0 Å². The summed E-state index contributed by atoms with van der Waals surface area (Å²) >= 11 is 0. The summed E-state index contributed by atoms with van der Waals surface area (Å²) in [5.41, 5.74) is 9.20. The second kappa shape index (κ2) is 4.84. The summed E-state index contributed by atoms with van der Waals surface area (Å²) < 4.78 is 11.2. The van der Waals surface area contributed by atoms with Crippen molar-refractivity contribution in [3.63, 3.8) is 0 Å². The van der Waals surface area contributed by atoms with Gasteiger partial charge in [-0.15, -0.1) is 0 Å². The van der Waals surface area contributed by atoms with Crippen LogP contribution in [0.1, 0.15) is 23.6 Å². The van der Waals surface area contributed by atoms with Crippen molar-refractivity contribution in [2.75, 3.05) is 13.7 Å². The van der Waals surface area contributed by atoms with E-state index in [4.69, 9.17) is 15.2 Å². The second-order valence-corrected chi connectivity index (χ2v) is 5.29. The molecule has 0 radical (unpaired) electrons. The van der Waals surface area contributed by atoms with E-state index in [2.05, 4.69) is 6.07 Å². The van der Waals surface area contributed by atoms with Gasteiger partial charge in [0, 0.05) is 17.5 Å². The molecule has 2 aromatic carbocycles. The maximum Gasteiger partial charge on any atom is 0.128 e. The SMILES string of the molecule is COc1ccccc1C(C)(N)c1cccc2c1OCC2. The molecule has 0 saturated heterocycles. The number of rotatable bonds is 3. The molecule has 3 nitrogen and oxygen atoms in total. The zero-order chi connectivity index (χ0) is 14.2. The zero-order valence-corrected chi connectivity index (χ0v) is 11.8. The summed E-state index contributed by atoms with van der Waals surface area (Å²) in [6.45, 7) is 2.73. The molecule has 0 aliphatic carbocycles. The first-order valence-electron chi connectivity index (χ1n) is 6.82. The van der Waals surface area contributed by atoms with Crippen LogP contribution in [0.5, 0.6) is 11.5 Å². The summed E-state index contributed by atoms with van der Waals surface area (Å²) in [6.07, 6.45) is 0.950. The Hall–Kier alpha value is -2.00. The highest BCUT2D eigenvalue weighted by Crippen LogP contribution is 2.40. The Morgan fingerprint density at radius 2 is 1.85 bits per heavy atom. The van der Waals surface area contributed by atoms with Crippen molar-refractivity contribution in [2.45, 2.75) is 18.9 Å². The lowest BCUT2D eigenvalue weighted by atomic mass is 9.83. The minimum Gasteiger partial charge on any atom is -0.496 e. The van der Waals surface area contributed by atoms with Crippen molar-refractivity contribution < 1.29 is 9.47 Å². The van der Waals surface area contributed by atoms with Gasteiger partial charge in [-0.1, -0.05) is 36.4 Å². The molecule has 1 aliphatic rings. The Bertz CT molecular complexity index is 635. The molecule has 0 spiro atoms. The molecule has 104 valence electrons. The van der Waals surface area contributed by atoms with E-state index in [1.165, 1.54) is 5.56 Å². The molecule has 1 unspecified atom stereocenters. The van der Waals surface area contributed by atoms with Crippen LogP contribution in [0.3, 0.4) is 0 Å². The van der Waals surface area contributed by atoms with E-state index in [-0.39, 0.29) is 0 Å². The lowest BCUT2D eigenvalue weighted by Crippen LogP contribution is -2.35. The summed E-state index contributed by atoms with van der Waals surface area (Å²) in [5.74, 6) is 1.73. The average molecular weight is 269 g/mol. The molecule has 0 bridgehead atoms. The molecule has 1 aliphatic heterocycles. The van der Waals surface area contributed by atoms with Crippen LogP contribution in [0.25, 0.3) is 0 Å². The number of ether oxygens (including phenoxy) is 2. The Morgan fingerprint density at radius 1 is 1.10 bits per heavy atom. The summed E-state index contributed by atoms with van der Waals surface area (Å²) in [4.78, 5) is 0. The molecular formula is C17H19NO2. The smallest absolute Gasteiger partial charge is 0.128 e. The normalized spacial score (nSPS) is 16.1. The number of hydrogen-bond acceptors (Lipinski definition) is 3. The van der Waals surface area contributed by atoms with E-state index in [9.17, 15) is 0 Å². The summed E-state index contributed by atoms with van der Waals surface area (Å²) in [7, 11) is 1.67. The van der Waals surface area contributed by atoms with Crippen molar-refractivity contribution in [2.24, 2.45) is 5.73 Å². The van der Waals surface area contributed by atoms with Crippen LogP contribution < -0.4 is 15.2 Å².